The van der Waals surface area contributed by atoms with Gasteiger partial charge in [0.15, 0.2) is 0 Å². The molecule has 0 aromatic carbocycles. The van der Waals surface area contributed by atoms with Crippen molar-refractivity contribution in [1.29, 1.82) is 0 Å². The number of aliphatic carboxylic acids is 1. The maximum Gasteiger partial charge on any atom is 0.326 e. The van der Waals surface area contributed by atoms with Gasteiger partial charge in [0.05, 0.1) is 6.04 Å². The van der Waals surface area contributed by atoms with Gasteiger partial charge in [0.1, 0.15) is 11.9 Å². The van der Waals surface area contributed by atoms with E-state index in [0.29, 0.717) is 12.2 Å². The summed E-state index contributed by atoms with van der Waals surface area (Å²) in [6.07, 6.45) is 3.56. The molecule has 0 saturated carbocycles. The molecular formula is C10H16N4O3. The summed E-state index contributed by atoms with van der Waals surface area (Å²) < 4.78 is 0. The van der Waals surface area contributed by atoms with E-state index >= 15 is 0 Å². The molecule has 0 aliphatic heterocycles. The minimum Gasteiger partial charge on any atom is -0.480 e. The maximum atomic E-state index is 11.5. The third kappa shape index (κ3) is 3.78. The number of nitrogens with one attached hydrogen (secondary N) is 3. The largest absolute Gasteiger partial charge is 0.480 e. The minimum absolute atomic E-state index is 0.309. The van der Waals surface area contributed by atoms with Gasteiger partial charge in [-0.05, 0) is 13.3 Å². The van der Waals surface area contributed by atoms with Crippen molar-refractivity contribution in [2.24, 2.45) is 0 Å². The molecule has 2 amide bonds. The smallest absolute Gasteiger partial charge is 0.326 e. The first kappa shape index (κ1) is 13.0. The van der Waals surface area contributed by atoms with Crippen molar-refractivity contribution in [3.63, 3.8) is 0 Å². The molecule has 1 rings (SSSR count). The number of H-pyrrole nitrogens is 1. The van der Waals surface area contributed by atoms with Gasteiger partial charge in [-0.15, -0.1) is 0 Å². The van der Waals surface area contributed by atoms with Crippen LogP contribution in [0.5, 0.6) is 0 Å². The molecule has 1 unspecified atom stereocenters. The number of carboxylic acids is 1. The minimum atomic E-state index is -1.05. The van der Waals surface area contributed by atoms with Crippen LogP contribution in [0.2, 0.25) is 0 Å². The van der Waals surface area contributed by atoms with Gasteiger partial charge in [-0.2, -0.15) is 0 Å². The standard InChI is InChI=1S/C10H16N4O3/c1-3-7(9(15)16)14-10(17)13-6(2)8-11-4-5-12-8/h4-7H,3H2,1-2H3,(H,11,12)(H,15,16)(H2,13,14,17)/t6?,7-/m1/s1. The summed E-state index contributed by atoms with van der Waals surface area (Å²) in [7, 11) is 0. The fourth-order valence-electron chi connectivity index (χ4n) is 1.32. The number of carbonyl (C=O) groups excluding carboxylic acids is 1. The van der Waals surface area contributed by atoms with E-state index in [1.807, 2.05) is 0 Å². The van der Waals surface area contributed by atoms with Crippen molar-refractivity contribution in [3.05, 3.63) is 18.2 Å². The zero-order valence-corrected chi connectivity index (χ0v) is 9.73. The number of aromatic nitrogens is 2. The number of amides is 2. The molecule has 1 aromatic heterocycles. The summed E-state index contributed by atoms with van der Waals surface area (Å²) in [5.74, 6) is -0.433. The Balaban J connectivity index is 2.47. The molecule has 7 nitrogen and oxygen atoms in total. The highest BCUT2D eigenvalue weighted by atomic mass is 16.4. The molecule has 0 saturated heterocycles. The summed E-state index contributed by atoms with van der Waals surface area (Å²) in [5.41, 5.74) is 0. The van der Waals surface area contributed by atoms with Crippen LogP contribution in [0, 0.1) is 0 Å². The molecule has 2 atom stereocenters. The number of carboxylic acid groups (broad SMARTS) is 1. The van der Waals surface area contributed by atoms with Crippen LogP contribution >= 0.6 is 0 Å². The predicted molar refractivity (Wildman–Crippen MR) is 60.4 cm³/mol. The predicted octanol–water partition coefficient (Wildman–Crippen LogP) is 0.633. The Hall–Kier alpha value is -2.05. The van der Waals surface area contributed by atoms with Crippen molar-refractivity contribution in [2.45, 2.75) is 32.4 Å². The summed E-state index contributed by atoms with van der Waals surface area (Å²) >= 11 is 0. The summed E-state index contributed by atoms with van der Waals surface area (Å²) in [6.45, 7) is 3.44. The van der Waals surface area contributed by atoms with Gasteiger partial charge in [0.25, 0.3) is 0 Å². The molecule has 0 aliphatic carbocycles. The highest BCUT2D eigenvalue weighted by Crippen LogP contribution is 2.04. The Bertz CT molecular complexity index is 377. The molecule has 0 fully saturated rings. The molecule has 94 valence electrons. The Morgan fingerprint density at radius 2 is 2.24 bits per heavy atom. The SMILES string of the molecule is CC[C@@H](NC(=O)NC(C)c1ncc[nH]1)C(=O)O. The van der Waals surface area contributed by atoms with E-state index < -0.39 is 18.0 Å². The van der Waals surface area contributed by atoms with Crippen LogP contribution in [0.15, 0.2) is 12.4 Å². The van der Waals surface area contributed by atoms with E-state index in [1.54, 1.807) is 26.2 Å². The van der Waals surface area contributed by atoms with Gasteiger partial charge in [-0.1, -0.05) is 6.92 Å². The van der Waals surface area contributed by atoms with Gasteiger partial charge in [-0.3, -0.25) is 0 Å². The van der Waals surface area contributed by atoms with Gasteiger partial charge in [0, 0.05) is 12.4 Å². The first-order valence-electron chi connectivity index (χ1n) is 5.33. The monoisotopic (exact) mass is 240 g/mol. The molecule has 0 bridgehead atoms. The average molecular weight is 240 g/mol. The number of rotatable bonds is 5. The average Bonchev–Trinajstić information content (AvgIpc) is 2.78. The van der Waals surface area contributed by atoms with Crippen molar-refractivity contribution < 1.29 is 14.7 Å². The van der Waals surface area contributed by atoms with Gasteiger partial charge in [-0.25, -0.2) is 14.6 Å². The molecule has 1 heterocycles. The van der Waals surface area contributed by atoms with Crippen LogP contribution in [0.25, 0.3) is 0 Å². The second-order valence-corrected chi connectivity index (χ2v) is 3.61. The van der Waals surface area contributed by atoms with E-state index in [4.69, 9.17) is 5.11 Å². The number of urea groups is 1. The lowest BCUT2D eigenvalue weighted by Crippen LogP contribution is -2.46. The third-order valence-corrected chi connectivity index (χ3v) is 2.29. The molecule has 7 heteroatoms. The molecule has 1 aromatic rings. The van der Waals surface area contributed by atoms with Crippen molar-refractivity contribution >= 4 is 12.0 Å². The van der Waals surface area contributed by atoms with E-state index in [0.717, 1.165) is 0 Å². The van der Waals surface area contributed by atoms with E-state index in [-0.39, 0.29) is 6.04 Å². The first-order chi connectivity index (χ1) is 8.04. The van der Waals surface area contributed by atoms with E-state index in [2.05, 4.69) is 20.6 Å². The van der Waals surface area contributed by atoms with Crippen LogP contribution in [0.1, 0.15) is 32.1 Å². The Morgan fingerprint density at radius 3 is 2.71 bits per heavy atom. The Labute approximate surface area is 98.6 Å². The van der Waals surface area contributed by atoms with Crippen LogP contribution in [0.4, 0.5) is 4.79 Å². The number of hydrogen-bond acceptors (Lipinski definition) is 3. The summed E-state index contributed by atoms with van der Waals surface area (Å²) in [4.78, 5) is 29.1. The summed E-state index contributed by atoms with van der Waals surface area (Å²) in [5, 5.41) is 13.7. The number of aromatic amines is 1. The first-order valence-corrected chi connectivity index (χ1v) is 5.33. The zero-order valence-electron chi connectivity index (χ0n) is 9.73. The fraction of sp³-hybridized carbons (Fsp3) is 0.500. The summed E-state index contributed by atoms with van der Waals surface area (Å²) in [6, 6.07) is -1.71. The molecule has 17 heavy (non-hydrogen) atoms. The van der Waals surface area contributed by atoms with E-state index in [1.165, 1.54) is 0 Å². The van der Waals surface area contributed by atoms with Crippen LogP contribution < -0.4 is 10.6 Å². The highest BCUT2D eigenvalue weighted by Gasteiger charge is 2.19. The third-order valence-electron chi connectivity index (χ3n) is 2.29. The van der Waals surface area contributed by atoms with Crippen LogP contribution in [0.3, 0.4) is 0 Å². The van der Waals surface area contributed by atoms with E-state index in [9.17, 15) is 9.59 Å². The van der Waals surface area contributed by atoms with Gasteiger partial charge < -0.3 is 20.7 Å². The normalized spacial score (nSPS) is 13.8. The Kier molecular flexibility index (Phi) is 4.50. The fourth-order valence-corrected chi connectivity index (χ4v) is 1.32. The topological polar surface area (TPSA) is 107 Å². The molecule has 0 radical (unpaired) electrons. The lowest BCUT2D eigenvalue weighted by molar-refractivity contribution is -0.139. The number of hydrogen-bond donors (Lipinski definition) is 4. The maximum absolute atomic E-state index is 11.5. The molecular weight excluding hydrogens is 224 g/mol. The van der Waals surface area contributed by atoms with Crippen molar-refractivity contribution in [1.82, 2.24) is 20.6 Å². The van der Waals surface area contributed by atoms with Gasteiger partial charge >= 0.3 is 12.0 Å². The zero-order chi connectivity index (χ0) is 12.8. The Morgan fingerprint density at radius 1 is 1.53 bits per heavy atom. The molecule has 0 aliphatic rings. The van der Waals surface area contributed by atoms with Crippen LogP contribution in [-0.2, 0) is 4.79 Å². The lowest BCUT2D eigenvalue weighted by Gasteiger charge is -2.16. The number of carbonyl (C=O) groups is 2. The quantitative estimate of drug-likeness (QED) is 0.605. The highest BCUT2D eigenvalue weighted by molar-refractivity contribution is 5.82. The second-order valence-electron chi connectivity index (χ2n) is 3.61. The molecule has 0 spiro atoms. The second kappa shape index (κ2) is 5.88. The lowest BCUT2D eigenvalue weighted by atomic mass is 10.2. The number of nitrogens with zero attached hydrogens (tertiary/aromatic N) is 1. The van der Waals surface area contributed by atoms with Crippen molar-refractivity contribution in [3.8, 4) is 0 Å². The van der Waals surface area contributed by atoms with Crippen LogP contribution in [-0.4, -0.2) is 33.1 Å². The van der Waals surface area contributed by atoms with Gasteiger partial charge in [0.2, 0.25) is 0 Å². The molecule has 4 N–H and O–H groups in total. The number of imidazole rings is 1. The van der Waals surface area contributed by atoms with Crippen molar-refractivity contribution in [2.75, 3.05) is 0 Å².